The highest BCUT2D eigenvalue weighted by molar-refractivity contribution is 6.29. The predicted molar refractivity (Wildman–Crippen MR) is 53.5 cm³/mol. The van der Waals surface area contributed by atoms with E-state index in [0.29, 0.717) is 0 Å². The SMILES string of the molecule is O=C(Cn1cnnn1)Nc1nccc(Cl)n1. The molecule has 16 heavy (non-hydrogen) atoms. The van der Waals surface area contributed by atoms with E-state index < -0.39 is 0 Å². The van der Waals surface area contributed by atoms with Gasteiger partial charge in [0.1, 0.15) is 18.0 Å². The number of aromatic nitrogens is 6. The van der Waals surface area contributed by atoms with Gasteiger partial charge in [0.05, 0.1) is 0 Å². The van der Waals surface area contributed by atoms with Gasteiger partial charge in [0.2, 0.25) is 11.9 Å². The molecule has 0 aliphatic carbocycles. The van der Waals surface area contributed by atoms with E-state index in [1.54, 1.807) is 0 Å². The number of rotatable bonds is 3. The Morgan fingerprint density at radius 3 is 3.12 bits per heavy atom. The molecule has 82 valence electrons. The molecule has 0 aromatic carbocycles. The lowest BCUT2D eigenvalue weighted by atomic mass is 10.6. The maximum absolute atomic E-state index is 11.4. The van der Waals surface area contributed by atoms with Gasteiger partial charge in [-0.15, -0.1) is 5.10 Å². The van der Waals surface area contributed by atoms with Crippen LogP contribution in [0.15, 0.2) is 18.6 Å². The van der Waals surface area contributed by atoms with Crippen LogP contribution in [0.25, 0.3) is 0 Å². The molecule has 2 aromatic rings. The van der Waals surface area contributed by atoms with Gasteiger partial charge in [-0.3, -0.25) is 10.1 Å². The number of nitrogens with one attached hydrogen (secondary N) is 1. The Morgan fingerprint density at radius 1 is 1.56 bits per heavy atom. The molecule has 0 aliphatic heterocycles. The Hall–Kier alpha value is -2.09. The van der Waals surface area contributed by atoms with Crippen LogP contribution in [0.2, 0.25) is 5.15 Å². The second-order valence-electron chi connectivity index (χ2n) is 2.76. The number of tetrazole rings is 1. The molecule has 0 atom stereocenters. The van der Waals surface area contributed by atoms with Gasteiger partial charge in [0.25, 0.3) is 0 Å². The summed E-state index contributed by atoms with van der Waals surface area (Å²) in [5.41, 5.74) is 0. The van der Waals surface area contributed by atoms with E-state index in [1.165, 1.54) is 23.3 Å². The summed E-state index contributed by atoms with van der Waals surface area (Å²) in [6, 6.07) is 1.51. The first-order chi connectivity index (χ1) is 7.74. The first kappa shape index (κ1) is 10.4. The first-order valence-corrected chi connectivity index (χ1v) is 4.61. The van der Waals surface area contributed by atoms with Crippen molar-refractivity contribution in [3.8, 4) is 0 Å². The normalized spacial score (nSPS) is 10.1. The van der Waals surface area contributed by atoms with Crippen LogP contribution in [0.5, 0.6) is 0 Å². The third-order valence-electron chi connectivity index (χ3n) is 1.57. The minimum Gasteiger partial charge on any atom is -0.293 e. The van der Waals surface area contributed by atoms with Crippen LogP contribution in [0.1, 0.15) is 0 Å². The van der Waals surface area contributed by atoms with Gasteiger partial charge in [0, 0.05) is 6.20 Å². The van der Waals surface area contributed by atoms with Gasteiger partial charge in [-0.25, -0.2) is 14.6 Å². The van der Waals surface area contributed by atoms with Gasteiger partial charge >= 0.3 is 0 Å². The van der Waals surface area contributed by atoms with Gasteiger partial charge in [0.15, 0.2) is 0 Å². The van der Waals surface area contributed by atoms with Crippen LogP contribution in [0, 0.1) is 0 Å². The molecule has 0 saturated heterocycles. The van der Waals surface area contributed by atoms with Crippen molar-refractivity contribution in [3.63, 3.8) is 0 Å². The van der Waals surface area contributed by atoms with E-state index >= 15 is 0 Å². The molecule has 0 unspecified atom stereocenters. The minimum absolute atomic E-state index is 0.0110. The Kier molecular flexibility index (Phi) is 3.01. The molecule has 2 aromatic heterocycles. The molecule has 0 bridgehead atoms. The summed E-state index contributed by atoms with van der Waals surface area (Å²) >= 11 is 5.63. The van der Waals surface area contributed by atoms with E-state index in [-0.39, 0.29) is 23.6 Å². The Morgan fingerprint density at radius 2 is 2.44 bits per heavy atom. The lowest BCUT2D eigenvalue weighted by Crippen LogP contribution is -2.20. The standard InChI is InChI=1S/C7H6ClN7O/c8-5-1-2-9-7(11-5)12-6(16)3-15-4-10-13-14-15/h1-2,4H,3H2,(H,9,11,12,16). The summed E-state index contributed by atoms with van der Waals surface area (Å²) in [6.07, 6.45) is 2.78. The number of nitrogens with zero attached hydrogens (tertiary/aromatic N) is 6. The zero-order chi connectivity index (χ0) is 11.4. The molecule has 0 saturated carbocycles. The summed E-state index contributed by atoms with van der Waals surface area (Å²) in [7, 11) is 0. The molecular weight excluding hydrogens is 234 g/mol. The van der Waals surface area contributed by atoms with Crippen molar-refractivity contribution >= 4 is 23.5 Å². The molecule has 8 nitrogen and oxygen atoms in total. The van der Waals surface area contributed by atoms with E-state index in [1.807, 2.05) is 0 Å². The number of anilines is 1. The molecule has 0 aliphatic rings. The van der Waals surface area contributed by atoms with Crippen molar-refractivity contribution in [1.29, 1.82) is 0 Å². The van der Waals surface area contributed by atoms with Crippen molar-refractivity contribution in [2.45, 2.75) is 6.54 Å². The van der Waals surface area contributed by atoms with Crippen molar-refractivity contribution < 1.29 is 4.79 Å². The van der Waals surface area contributed by atoms with Crippen LogP contribution in [0.3, 0.4) is 0 Å². The molecular formula is C7H6ClN7O. The maximum Gasteiger partial charge on any atom is 0.248 e. The number of amides is 1. The third-order valence-corrected chi connectivity index (χ3v) is 1.78. The van der Waals surface area contributed by atoms with Gasteiger partial charge in [-0.2, -0.15) is 0 Å². The largest absolute Gasteiger partial charge is 0.293 e. The second-order valence-corrected chi connectivity index (χ2v) is 3.15. The van der Waals surface area contributed by atoms with Crippen LogP contribution >= 0.6 is 11.6 Å². The zero-order valence-electron chi connectivity index (χ0n) is 7.91. The average molecular weight is 240 g/mol. The van der Waals surface area contributed by atoms with Crippen molar-refractivity contribution in [1.82, 2.24) is 30.2 Å². The zero-order valence-corrected chi connectivity index (χ0v) is 8.66. The number of halogens is 1. The minimum atomic E-state index is -0.338. The van der Waals surface area contributed by atoms with Gasteiger partial charge < -0.3 is 0 Å². The Bertz CT molecular complexity index is 485. The molecule has 2 rings (SSSR count). The van der Waals surface area contributed by atoms with Crippen LogP contribution in [-0.2, 0) is 11.3 Å². The summed E-state index contributed by atoms with van der Waals surface area (Å²) in [6.45, 7) is -0.0110. The number of carbonyl (C=O) groups is 1. The molecule has 1 amide bonds. The van der Waals surface area contributed by atoms with E-state index in [0.717, 1.165) is 0 Å². The number of hydrogen-bond donors (Lipinski definition) is 1. The Balaban J connectivity index is 1.97. The molecule has 2 heterocycles. The quantitative estimate of drug-likeness (QED) is 0.742. The monoisotopic (exact) mass is 239 g/mol. The second kappa shape index (κ2) is 4.62. The van der Waals surface area contributed by atoms with E-state index in [9.17, 15) is 4.79 Å². The van der Waals surface area contributed by atoms with E-state index in [2.05, 4.69) is 30.8 Å². The van der Waals surface area contributed by atoms with Crippen molar-refractivity contribution in [3.05, 3.63) is 23.7 Å². The molecule has 9 heteroatoms. The summed E-state index contributed by atoms with van der Waals surface area (Å²) < 4.78 is 1.28. The molecule has 0 fully saturated rings. The summed E-state index contributed by atoms with van der Waals surface area (Å²) in [5, 5.41) is 13.1. The number of carbonyl (C=O) groups excluding carboxylic acids is 1. The van der Waals surface area contributed by atoms with Crippen LogP contribution < -0.4 is 5.32 Å². The lowest BCUT2D eigenvalue weighted by molar-refractivity contribution is -0.117. The molecule has 0 radical (unpaired) electrons. The van der Waals surface area contributed by atoms with Crippen LogP contribution in [-0.4, -0.2) is 36.1 Å². The molecule has 1 N–H and O–H groups in total. The first-order valence-electron chi connectivity index (χ1n) is 4.23. The van der Waals surface area contributed by atoms with Crippen LogP contribution in [0.4, 0.5) is 5.95 Å². The molecule has 0 spiro atoms. The maximum atomic E-state index is 11.4. The summed E-state index contributed by atoms with van der Waals surface area (Å²) in [4.78, 5) is 19.1. The Labute approximate surface area is 94.7 Å². The fourth-order valence-electron chi connectivity index (χ4n) is 0.961. The smallest absolute Gasteiger partial charge is 0.248 e. The fraction of sp³-hybridized carbons (Fsp3) is 0.143. The average Bonchev–Trinajstić information content (AvgIpc) is 2.70. The summed E-state index contributed by atoms with van der Waals surface area (Å²) in [5.74, 6) is -0.194. The highest BCUT2D eigenvalue weighted by Gasteiger charge is 2.06. The lowest BCUT2D eigenvalue weighted by Gasteiger charge is -2.02. The van der Waals surface area contributed by atoms with E-state index in [4.69, 9.17) is 11.6 Å². The van der Waals surface area contributed by atoms with Gasteiger partial charge in [-0.1, -0.05) is 11.6 Å². The highest BCUT2D eigenvalue weighted by atomic mass is 35.5. The van der Waals surface area contributed by atoms with Crippen molar-refractivity contribution in [2.24, 2.45) is 0 Å². The van der Waals surface area contributed by atoms with Crippen molar-refractivity contribution in [2.75, 3.05) is 5.32 Å². The number of hydrogen-bond acceptors (Lipinski definition) is 6. The topological polar surface area (TPSA) is 98.5 Å². The predicted octanol–water partition coefficient (Wildman–Crippen LogP) is -0.245. The third kappa shape index (κ3) is 2.70. The fourth-order valence-corrected chi connectivity index (χ4v) is 1.10. The van der Waals surface area contributed by atoms with Gasteiger partial charge in [-0.05, 0) is 16.5 Å². The highest BCUT2D eigenvalue weighted by Crippen LogP contribution is 2.05.